The van der Waals surface area contributed by atoms with E-state index in [-0.39, 0.29) is 24.3 Å². The van der Waals surface area contributed by atoms with E-state index >= 15 is 0 Å². The lowest BCUT2D eigenvalue weighted by Gasteiger charge is -2.27. The number of aryl methyl sites for hydroxylation is 2. The van der Waals surface area contributed by atoms with E-state index in [1.54, 1.807) is 6.92 Å². The number of carboxylic acid groups (broad SMARTS) is 1. The summed E-state index contributed by atoms with van der Waals surface area (Å²) >= 11 is 1.27. The van der Waals surface area contributed by atoms with Crippen molar-refractivity contribution >= 4 is 34.2 Å². The third kappa shape index (κ3) is 3.87. The van der Waals surface area contributed by atoms with Crippen LogP contribution in [0.2, 0.25) is 0 Å². The molecule has 164 valence electrons. The van der Waals surface area contributed by atoms with Gasteiger partial charge in [-0.05, 0) is 63.0 Å². The van der Waals surface area contributed by atoms with Crippen molar-refractivity contribution in [3.05, 3.63) is 40.3 Å². The molecule has 2 saturated carbocycles. The second kappa shape index (κ2) is 8.46. The van der Waals surface area contributed by atoms with Gasteiger partial charge in [0.05, 0.1) is 18.4 Å². The van der Waals surface area contributed by atoms with E-state index in [1.165, 1.54) is 11.3 Å². The fourth-order valence-electron chi connectivity index (χ4n) is 5.39. The Labute approximate surface area is 185 Å². The van der Waals surface area contributed by atoms with Crippen LogP contribution in [0.5, 0.6) is 0 Å². The van der Waals surface area contributed by atoms with Crippen molar-refractivity contribution in [2.24, 2.45) is 23.7 Å². The number of carboxylic acids is 1. The zero-order valence-corrected chi connectivity index (χ0v) is 18.8. The lowest BCUT2D eigenvalue weighted by atomic mass is 9.78. The van der Waals surface area contributed by atoms with E-state index in [4.69, 9.17) is 4.74 Å². The maximum atomic E-state index is 13.2. The van der Waals surface area contributed by atoms with E-state index in [1.807, 2.05) is 37.4 Å². The molecule has 1 heterocycles. The second-order valence-corrected chi connectivity index (χ2v) is 9.48. The topological polar surface area (TPSA) is 92.7 Å². The zero-order chi connectivity index (χ0) is 22.3. The van der Waals surface area contributed by atoms with Crippen LogP contribution in [0.3, 0.4) is 0 Å². The molecule has 31 heavy (non-hydrogen) atoms. The molecule has 0 unspecified atom stereocenters. The molecule has 2 aliphatic carbocycles. The number of thiophene rings is 1. The maximum absolute atomic E-state index is 13.2. The van der Waals surface area contributed by atoms with Gasteiger partial charge in [0.1, 0.15) is 10.6 Å². The SMILES string of the molecule is CCOC(=O)c1c(-c2ccc(C)cc2C)csc1NC(=O)[C@@H]1[C@H]2CC[C@@H](C2)[C@H]1C(=O)O. The predicted octanol–water partition coefficient (Wildman–Crippen LogP) is 4.89. The summed E-state index contributed by atoms with van der Waals surface area (Å²) in [5, 5.41) is 14.9. The molecule has 1 amide bonds. The van der Waals surface area contributed by atoms with Crippen molar-refractivity contribution in [2.75, 3.05) is 11.9 Å². The number of aliphatic carboxylic acids is 1. The van der Waals surface area contributed by atoms with E-state index < -0.39 is 23.8 Å². The Morgan fingerprint density at radius 1 is 1.13 bits per heavy atom. The van der Waals surface area contributed by atoms with Gasteiger partial charge in [0, 0.05) is 10.9 Å². The molecule has 1 aromatic carbocycles. The highest BCUT2D eigenvalue weighted by atomic mass is 32.1. The molecule has 4 atom stereocenters. The Hall–Kier alpha value is -2.67. The standard InChI is InChI=1S/C24H27NO5S/c1-4-30-24(29)20-17(16-8-5-12(2)9-13(16)3)11-31-22(20)25-21(26)18-14-6-7-15(10-14)19(18)23(27)28/h5,8-9,11,14-15,18-19H,4,6-7,10H2,1-3H3,(H,25,26)(H,27,28)/t14-,15-,18+,19+/m0/s1. The Morgan fingerprint density at radius 2 is 1.84 bits per heavy atom. The van der Waals surface area contributed by atoms with Crippen LogP contribution in [0, 0.1) is 37.5 Å². The quantitative estimate of drug-likeness (QED) is 0.623. The summed E-state index contributed by atoms with van der Waals surface area (Å²) in [6.45, 7) is 5.96. The van der Waals surface area contributed by atoms with Crippen molar-refractivity contribution in [1.29, 1.82) is 0 Å². The number of benzene rings is 1. The van der Waals surface area contributed by atoms with E-state index in [0.29, 0.717) is 10.6 Å². The smallest absolute Gasteiger partial charge is 0.341 e. The van der Waals surface area contributed by atoms with E-state index in [9.17, 15) is 19.5 Å². The molecule has 0 spiro atoms. The fraction of sp³-hybridized carbons (Fsp3) is 0.458. The number of ether oxygens (including phenoxy) is 1. The van der Waals surface area contributed by atoms with E-state index in [2.05, 4.69) is 5.32 Å². The lowest BCUT2D eigenvalue weighted by molar-refractivity contribution is -0.148. The van der Waals surface area contributed by atoms with Crippen molar-refractivity contribution in [2.45, 2.75) is 40.0 Å². The first-order valence-electron chi connectivity index (χ1n) is 10.7. The lowest BCUT2D eigenvalue weighted by Crippen LogP contribution is -2.37. The number of carbonyl (C=O) groups excluding carboxylic acids is 2. The monoisotopic (exact) mass is 441 g/mol. The molecule has 2 aromatic rings. The summed E-state index contributed by atoms with van der Waals surface area (Å²) < 4.78 is 5.29. The Morgan fingerprint density at radius 3 is 2.48 bits per heavy atom. The molecule has 2 aliphatic rings. The molecule has 4 rings (SSSR count). The highest BCUT2D eigenvalue weighted by Gasteiger charge is 2.54. The predicted molar refractivity (Wildman–Crippen MR) is 119 cm³/mol. The molecule has 0 aliphatic heterocycles. The van der Waals surface area contributed by atoms with Crippen LogP contribution in [-0.4, -0.2) is 29.6 Å². The van der Waals surface area contributed by atoms with Crippen molar-refractivity contribution < 1.29 is 24.2 Å². The van der Waals surface area contributed by atoms with Crippen LogP contribution in [0.25, 0.3) is 11.1 Å². The first-order valence-corrected chi connectivity index (χ1v) is 11.6. The number of nitrogens with one attached hydrogen (secondary N) is 1. The molecule has 6 nitrogen and oxygen atoms in total. The molecule has 0 saturated heterocycles. The average molecular weight is 442 g/mol. The van der Waals surface area contributed by atoms with Crippen LogP contribution < -0.4 is 5.32 Å². The first kappa shape index (κ1) is 21.6. The highest BCUT2D eigenvalue weighted by Crippen LogP contribution is 2.53. The van der Waals surface area contributed by atoms with Gasteiger partial charge in [0.15, 0.2) is 0 Å². The summed E-state index contributed by atoms with van der Waals surface area (Å²) in [7, 11) is 0. The van der Waals surface area contributed by atoms with Gasteiger partial charge in [-0.15, -0.1) is 11.3 Å². The van der Waals surface area contributed by atoms with Gasteiger partial charge in [-0.3, -0.25) is 9.59 Å². The van der Waals surface area contributed by atoms with Crippen molar-refractivity contribution in [3.63, 3.8) is 0 Å². The minimum absolute atomic E-state index is 0.0666. The molecule has 0 radical (unpaired) electrons. The van der Waals surface area contributed by atoms with Gasteiger partial charge < -0.3 is 15.2 Å². The molecule has 1 aromatic heterocycles. The number of hydrogen-bond acceptors (Lipinski definition) is 5. The average Bonchev–Trinajstić information content (AvgIpc) is 3.42. The number of esters is 1. The Balaban J connectivity index is 1.68. The van der Waals surface area contributed by atoms with Gasteiger partial charge in [0.2, 0.25) is 5.91 Å². The molecule has 2 fully saturated rings. The van der Waals surface area contributed by atoms with Gasteiger partial charge in [0.25, 0.3) is 0 Å². The Kier molecular flexibility index (Phi) is 5.88. The summed E-state index contributed by atoms with van der Waals surface area (Å²) in [6.07, 6.45) is 2.54. The minimum atomic E-state index is -0.903. The van der Waals surface area contributed by atoms with Crippen molar-refractivity contribution in [1.82, 2.24) is 0 Å². The number of carbonyl (C=O) groups is 3. The molecular formula is C24H27NO5S. The van der Waals surface area contributed by atoms with Crippen LogP contribution >= 0.6 is 11.3 Å². The molecule has 7 heteroatoms. The highest BCUT2D eigenvalue weighted by molar-refractivity contribution is 7.15. The minimum Gasteiger partial charge on any atom is -0.481 e. The van der Waals surface area contributed by atoms with Crippen LogP contribution in [0.1, 0.15) is 47.7 Å². The number of rotatable bonds is 6. The Bertz CT molecular complexity index is 1040. The van der Waals surface area contributed by atoms with Gasteiger partial charge >= 0.3 is 11.9 Å². The largest absolute Gasteiger partial charge is 0.481 e. The van der Waals surface area contributed by atoms with Gasteiger partial charge in [-0.25, -0.2) is 4.79 Å². The normalized spacial score (nSPS) is 24.2. The number of fused-ring (bicyclic) bond motifs is 2. The summed E-state index contributed by atoms with van der Waals surface area (Å²) in [5.74, 6) is -2.75. The summed E-state index contributed by atoms with van der Waals surface area (Å²) in [4.78, 5) is 37.9. The van der Waals surface area contributed by atoms with E-state index in [0.717, 1.165) is 41.5 Å². The number of hydrogen-bond donors (Lipinski definition) is 2. The zero-order valence-electron chi connectivity index (χ0n) is 17.9. The molecule has 2 bridgehead atoms. The summed E-state index contributed by atoms with van der Waals surface area (Å²) in [6, 6.07) is 6.00. The maximum Gasteiger partial charge on any atom is 0.341 e. The number of anilines is 1. The van der Waals surface area contributed by atoms with Crippen LogP contribution in [0.15, 0.2) is 23.6 Å². The first-order chi connectivity index (χ1) is 14.8. The van der Waals surface area contributed by atoms with Crippen LogP contribution in [0.4, 0.5) is 5.00 Å². The fourth-order valence-corrected chi connectivity index (χ4v) is 6.34. The third-order valence-corrected chi connectivity index (χ3v) is 7.58. The molecular weight excluding hydrogens is 414 g/mol. The second-order valence-electron chi connectivity index (χ2n) is 8.60. The molecule has 2 N–H and O–H groups in total. The number of amides is 1. The third-order valence-electron chi connectivity index (χ3n) is 6.68. The van der Waals surface area contributed by atoms with Crippen molar-refractivity contribution in [3.8, 4) is 11.1 Å². The summed E-state index contributed by atoms with van der Waals surface area (Å²) in [5.41, 5.74) is 4.12. The van der Waals surface area contributed by atoms with Gasteiger partial charge in [-0.2, -0.15) is 0 Å². The van der Waals surface area contributed by atoms with Crippen LogP contribution in [-0.2, 0) is 14.3 Å². The van der Waals surface area contributed by atoms with Gasteiger partial charge in [-0.1, -0.05) is 23.8 Å².